The van der Waals surface area contributed by atoms with E-state index in [0.29, 0.717) is 5.92 Å². The summed E-state index contributed by atoms with van der Waals surface area (Å²) in [6.45, 7) is 2.31. The van der Waals surface area contributed by atoms with E-state index in [1.807, 2.05) is 0 Å². The number of benzene rings is 1. The normalized spacial score (nSPS) is 34.2. The van der Waals surface area contributed by atoms with Crippen molar-refractivity contribution in [2.24, 2.45) is 11.3 Å². The van der Waals surface area contributed by atoms with Crippen LogP contribution in [0.25, 0.3) is 5.57 Å². The number of allylic oxidation sites excluding steroid dienone is 2. The second-order valence-electron chi connectivity index (χ2n) is 7.18. The molecule has 0 heterocycles. The highest BCUT2D eigenvalue weighted by Gasteiger charge is 2.50. The van der Waals surface area contributed by atoms with Crippen LogP contribution in [0.5, 0.6) is 5.75 Å². The maximum atomic E-state index is 10.4. The van der Waals surface area contributed by atoms with E-state index in [2.05, 4.69) is 25.1 Å². The Balaban J connectivity index is 1.79. The molecule has 2 heteroatoms. The predicted molar refractivity (Wildman–Crippen MR) is 84.3 cm³/mol. The third-order valence-electron chi connectivity index (χ3n) is 6.31. The molecule has 1 aromatic carbocycles. The van der Waals surface area contributed by atoms with Crippen LogP contribution in [0.4, 0.5) is 0 Å². The molecule has 1 unspecified atom stereocenters. The van der Waals surface area contributed by atoms with Gasteiger partial charge in [0.1, 0.15) is 5.75 Å². The SMILES string of the molecule is COc1ccc2c(c1)CCC1=C2CC[C@]2(C)C(O)CC[C@@H]12. The zero-order valence-electron chi connectivity index (χ0n) is 13.0. The van der Waals surface area contributed by atoms with Crippen molar-refractivity contribution in [3.63, 3.8) is 0 Å². The maximum absolute atomic E-state index is 10.4. The molecule has 0 aromatic heterocycles. The summed E-state index contributed by atoms with van der Waals surface area (Å²) in [5, 5.41) is 10.4. The number of ether oxygens (including phenoxy) is 1. The number of aryl methyl sites for hydroxylation is 1. The Morgan fingerprint density at radius 1 is 1.19 bits per heavy atom. The lowest BCUT2D eigenvalue weighted by Crippen LogP contribution is -2.37. The van der Waals surface area contributed by atoms with Crippen LogP contribution >= 0.6 is 0 Å². The minimum atomic E-state index is -0.103. The van der Waals surface area contributed by atoms with E-state index in [9.17, 15) is 5.11 Å². The fourth-order valence-electron chi connectivity index (χ4n) is 4.99. The van der Waals surface area contributed by atoms with Crippen molar-refractivity contribution in [1.29, 1.82) is 0 Å². The first-order valence-electron chi connectivity index (χ1n) is 8.21. The van der Waals surface area contributed by atoms with Crippen LogP contribution in [0.3, 0.4) is 0 Å². The highest BCUT2D eigenvalue weighted by atomic mass is 16.5. The van der Waals surface area contributed by atoms with Gasteiger partial charge >= 0.3 is 0 Å². The first-order valence-corrected chi connectivity index (χ1v) is 8.21. The van der Waals surface area contributed by atoms with E-state index in [4.69, 9.17) is 4.74 Å². The van der Waals surface area contributed by atoms with Crippen molar-refractivity contribution < 1.29 is 9.84 Å². The average molecular weight is 284 g/mol. The lowest BCUT2D eigenvalue weighted by molar-refractivity contribution is 0.0379. The molecule has 0 aliphatic heterocycles. The summed E-state index contributed by atoms with van der Waals surface area (Å²) in [4.78, 5) is 0. The van der Waals surface area contributed by atoms with Gasteiger partial charge in [-0.15, -0.1) is 0 Å². The van der Waals surface area contributed by atoms with E-state index >= 15 is 0 Å². The lowest BCUT2D eigenvalue weighted by atomic mass is 9.62. The summed E-state index contributed by atoms with van der Waals surface area (Å²) in [6, 6.07) is 6.54. The Hall–Kier alpha value is -1.28. The van der Waals surface area contributed by atoms with Crippen LogP contribution in [-0.2, 0) is 6.42 Å². The minimum absolute atomic E-state index is 0.103. The third-order valence-corrected chi connectivity index (χ3v) is 6.31. The topological polar surface area (TPSA) is 29.5 Å². The van der Waals surface area contributed by atoms with Gasteiger partial charge in [-0.25, -0.2) is 0 Å². The molecule has 3 aliphatic carbocycles. The number of rotatable bonds is 1. The smallest absolute Gasteiger partial charge is 0.119 e. The van der Waals surface area contributed by atoms with Crippen molar-refractivity contribution in [2.75, 3.05) is 7.11 Å². The van der Waals surface area contributed by atoms with Gasteiger partial charge in [-0.3, -0.25) is 0 Å². The monoisotopic (exact) mass is 284 g/mol. The van der Waals surface area contributed by atoms with Gasteiger partial charge in [0.15, 0.2) is 0 Å². The fraction of sp³-hybridized carbons (Fsp3) is 0.579. The second kappa shape index (κ2) is 4.61. The molecule has 2 nitrogen and oxygen atoms in total. The lowest BCUT2D eigenvalue weighted by Gasteiger charge is -2.43. The first-order chi connectivity index (χ1) is 10.1. The summed E-state index contributed by atoms with van der Waals surface area (Å²) >= 11 is 0. The van der Waals surface area contributed by atoms with Crippen molar-refractivity contribution >= 4 is 5.57 Å². The van der Waals surface area contributed by atoms with Gasteiger partial charge in [-0.1, -0.05) is 18.6 Å². The van der Waals surface area contributed by atoms with Gasteiger partial charge < -0.3 is 9.84 Å². The van der Waals surface area contributed by atoms with Gasteiger partial charge in [0.05, 0.1) is 13.2 Å². The van der Waals surface area contributed by atoms with Gasteiger partial charge in [-0.2, -0.15) is 0 Å². The van der Waals surface area contributed by atoms with Crippen LogP contribution in [0, 0.1) is 11.3 Å². The van der Waals surface area contributed by atoms with Crippen molar-refractivity contribution in [1.82, 2.24) is 0 Å². The Morgan fingerprint density at radius 3 is 2.86 bits per heavy atom. The van der Waals surface area contributed by atoms with E-state index in [1.54, 1.807) is 18.3 Å². The van der Waals surface area contributed by atoms with E-state index in [0.717, 1.165) is 31.4 Å². The number of fused-ring (bicyclic) bond motifs is 4. The van der Waals surface area contributed by atoms with Gasteiger partial charge in [-0.05, 0) is 73.3 Å². The van der Waals surface area contributed by atoms with Crippen molar-refractivity contribution in [2.45, 2.75) is 51.6 Å². The molecular weight excluding hydrogens is 260 g/mol. The molecule has 1 aromatic rings. The second-order valence-corrected chi connectivity index (χ2v) is 7.18. The van der Waals surface area contributed by atoms with Crippen LogP contribution in [-0.4, -0.2) is 18.3 Å². The zero-order chi connectivity index (χ0) is 14.6. The summed E-state index contributed by atoms with van der Waals surface area (Å²) in [5.41, 5.74) is 6.24. The summed E-state index contributed by atoms with van der Waals surface area (Å²) in [7, 11) is 1.74. The Bertz CT molecular complexity index is 616. The summed E-state index contributed by atoms with van der Waals surface area (Å²) in [6.07, 6.45) is 6.59. The molecule has 3 aliphatic rings. The third kappa shape index (κ3) is 1.81. The molecule has 0 amide bonds. The van der Waals surface area contributed by atoms with Gasteiger partial charge in [0, 0.05) is 5.41 Å². The van der Waals surface area contributed by atoms with Crippen LogP contribution < -0.4 is 4.74 Å². The Kier molecular flexibility index (Phi) is 2.94. The van der Waals surface area contributed by atoms with Crippen molar-refractivity contribution in [3.05, 3.63) is 34.9 Å². The molecule has 1 N–H and O–H groups in total. The number of methoxy groups -OCH3 is 1. The van der Waals surface area contributed by atoms with Crippen molar-refractivity contribution in [3.8, 4) is 5.75 Å². The first kappa shape index (κ1) is 13.4. The van der Waals surface area contributed by atoms with E-state index in [-0.39, 0.29) is 11.5 Å². The zero-order valence-corrected chi connectivity index (χ0v) is 13.0. The molecule has 3 atom stereocenters. The average Bonchev–Trinajstić information content (AvgIpc) is 2.82. The molecular formula is C19H24O2. The number of aliphatic hydroxyl groups is 1. The standard InChI is InChI=1S/C19H24O2/c1-19-10-9-15-14-6-4-13(21-2)11-12(14)3-5-16(15)17(19)7-8-18(19)20/h4,6,11,17-18,20H,3,5,7-10H2,1-2H3/t17-,18?,19-/m0/s1. The maximum Gasteiger partial charge on any atom is 0.119 e. The van der Waals surface area contributed by atoms with Crippen LogP contribution in [0.15, 0.2) is 23.8 Å². The van der Waals surface area contributed by atoms with Crippen LogP contribution in [0.1, 0.15) is 50.2 Å². The van der Waals surface area contributed by atoms with E-state index < -0.39 is 0 Å². The Morgan fingerprint density at radius 2 is 2.05 bits per heavy atom. The molecule has 0 bridgehead atoms. The highest BCUT2D eigenvalue weighted by molar-refractivity contribution is 5.75. The van der Waals surface area contributed by atoms with Gasteiger partial charge in [0.25, 0.3) is 0 Å². The quantitative estimate of drug-likeness (QED) is 0.845. The molecule has 112 valence electrons. The Labute approximate surface area is 126 Å². The molecule has 0 saturated heterocycles. The highest BCUT2D eigenvalue weighted by Crippen LogP contribution is 2.58. The molecule has 21 heavy (non-hydrogen) atoms. The predicted octanol–water partition coefficient (Wildman–Crippen LogP) is 3.97. The molecule has 4 rings (SSSR count). The summed E-state index contributed by atoms with van der Waals surface area (Å²) in [5.74, 6) is 1.57. The number of hydrogen-bond donors (Lipinski definition) is 1. The van der Waals surface area contributed by atoms with Gasteiger partial charge in [0.2, 0.25) is 0 Å². The summed E-state index contributed by atoms with van der Waals surface area (Å²) < 4.78 is 5.37. The molecule has 1 saturated carbocycles. The fourth-order valence-corrected chi connectivity index (χ4v) is 4.99. The molecule has 0 spiro atoms. The number of aliphatic hydroxyl groups excluding tert-OH is 1. The van der Waals surface area contributed by atoms with E-state index in [1.165, 1.54) is 24.0 Å². The largest absolute Gasteiger partial charge is 0.497 e. The minimum Gasteiger partial charge on any atom is -0.497 e. The number of hydrogen-bond acceptors (Lipinski definition) is 2. The molecule has 1 fully saturated rings. The van der Waals surface area contributed by atoms with Crippen LogP contribution in [0.2, 0.25) is 0 Å². The molecule has 0 radical (unpaired) electrons.